The Balaban J connectivity index is 2.43. The van der Waals surface area contributed by atoms with Crippen LogP contribution in [0.2, 0.25) is 0 Å². The topological polar surface area (TPSA) is 9.23 Å². The summed E-state index contributed by atoms with van der Waals surface area (Å²) in [7, 11) is -0.279. The number of rotatable bonds is 5. The monoisotopic (exact) mass is 334 g/mol. The van der Waals surface area contributed by atoms with E-state index in [4.69, 9.17) is 4.74 Å². The molecule has 23 heavy (non-hydrogen) atoms. The van der Waals surface area contributed by atoms with E-state index in [9.17, 15) is 0 Å². The summed E-state index contributed by atoms with van der Waals surface area (Å²) in [5.41, 5.74) is 0.213. The van der Waals surface area contributed by atoms with E-state index in [1.54, 1.807) is 0 Å². The van der Waals surface area contributed by atoms with Gasteiger partial charge >= 0.3 is 0 Å². The summed E-state index contributed by atoms with van der Waals surface area (Å²) in [6.45, 7) is 16.4. The minimum absolute atomic E-state index is 0.0525. The zero-order valence-corrected chi connectivity index (χ0v) is 17.0. The minimum Gasteiger partial charge on any atom is -0.366 e. The van der Waals surface area contributed by atoms with Crippen molar-refractivity contribution >= 4 is 13.2 Å². The van der Waals surface area contributed by atoms with Gasteiger partial charge in [0.05, 0.1) is 11.4 Å². The lowest BCUT2D eigenvalue weighted by Crippen LogP contribution is -2.36. The lowest BCUT2D eigenvalue weighted by molar-refractivity contribution is -0.0738. The highest BCUT2D eigenvalue weighted by Gasteiger charge is 2.51. The zero-order chi connectivity index (χ0) is 17.3. The maximum atomic E-state index is 6.93. The SMILES string of the molecule is CC(C)CC1(CC(C)C)O[C@H](C(C)(C)C)C[P@@]1c1ccccc1. The van der Waals surface area contributed by atoms with E-state index in [-0.39, 0.29) is 18.7 Å². The molecule has 1 fully saturated rings. The fourth-order valence-electron chi connectivity index (χ4n) is 3.77. The minimum atomic E-state index is -0.279. The summed E-state index contributed by atoms with van der Waals surface area (Å²) in [4.78, 5) is 0. The Hall–Kier alpha value is -0.390. The third-order valence-electron chi connectivity index (χ3n) is 4.69. The van der Waals surface area contributed by atoms with Gasteiger partial charge in [0.15, 0.2) is 0 Å². The van der Waals surface area contributed by atoms with Gasteiger partial charge in [0.25, 0.3) is 0 Å². The molecular formula is C21H35OP. The van der Waals surface area contributed by atoms with Gasteiger partial charge in [-0.05, 0) is 43.3 Å². The standard InChI is InChI=1S/C21H35OP/c1-16(2)13-21(14-17(3)4)22-19(20(5,6)7)15-23(21)18-11-9-8-10-12-18/h8-12,16-17,19H,13-15H2,1-7H3/t19-,23-/m0/s1. The molecule has 1 saturated heterocycles. The zero-order valence-electron chi connectivity index (χ0n) is 16.1. The Morgan fingerprint density at radius 2 is 1.57 bits per heavy atom. The van der Waals surface area contributed by atoms with Crippen molar-refractivity contribution in [2.75, 3.05) is 6.16 Å². The molecule has 1 aliphatic rings. The van der Waals surface area contributed by atoms with Crippen LogP contribution < -0.4 is 5.30 Å². The second kappa shape index (κ2) is 7.24. The Kier molecular flexibility index (Phi) is 5.96. The van der Waals surface area contributed by atoms with Gasteiger partial charge in [0.2, 0.25) is 0 Å². The van der Waals surface area contributed by atoms with Crippen LogP contribution in [-0.2, 0) is 4.74 Å². The van der Waals surface area contributed by atoms with Crippen LogP contribution in [0.1, 0.15) is 61.3 Å². The lowest BCUT2D eigenvalue weighted by atomic mass is 9.89. The molecule has 0 aromatic heterocycles. The van der Waals surface area contributed by atoms with Crippen LogP contribution in [-0.4, -0.2) is 17.6 Å². The number of ether oxygens (including phenoxy) is 1. The smallest absolute Gasteiger partial charge is 0.0921 e. The second-order valence-electron chi connectivity index (χ2n) is 9.06. The van der Waals surface area contributed by atoms with E-state index < -0.39 is 0 Å². The Morgan fingerprint density at radius 1 is 1.04 bits per heavy atom. The first-order valence-corrected chi connectivity index (χ1v) is 10.7. The predicted molar refractivity (Wildman–Crippen MR) is 104 cm³/mol. The molecule has 1 aromatic rings. The van der Waals surface area contributed by atoms with Gasteiger partial charge in [-0.3, -0.25) is 0 Å². The number of benzene rings is 1. The molecule has 0 unspecified atom stereocenters. The third-order valence-corrected chi connectivity index (χ3v) is 7.76. The molecular weight excluding hydrogens is 299 g/mol. The molecule has 130 valence electrons. The Bertz CT molecular complexity index is 476. The molecule has 0 radical (unpaired) electrons. The van der Waals surface area contributed by atoms with Crippen LogP contribution in [0.5, 0.6) is 0 Å². The van der Waals surface area contributed by atoms with Crippen molar-refractivity contribution in [3.63, 3.8) is 0 Å². The van der Waals surface area contributed by atoms with Gasteiger partial charge in [-0.2, -0.15) is 0 Å². The molecule has 1 aliphatic heterocycles. The molecule has 0 amide bonds. The fourth-order valence-corrected chi connectivity index (χ4v) is 7.70. The van der Waals surface area contributed by atoms with Crippen molar-refractivity contribution in [1.82, 2.24) is 0 Å². The first kappa shape index (κ1) is 18.9. The summed E-state index contributed by atoms with van der Waals surface area (Å²) >= 11 is 0. The first-order chi connectivity index (χ1) is 10.6. The van der Waals surface area contributed by atoms with Crippen LogP contribution in [0, 0.1) is 17.3 Å². The highest BCUT2D eigenvalue weighted by atomic mass is 31.1. The number of hydrogen-bond donors (Lipinski definition) is 0. The summed E-state index contributed by atoms with van der Waals surface area (Å²) in [5, 5.41) is 1.58. The highest BCUT2D eigenvalue weighted by Crippen LogP contribution is 2.63. The van der Waals surface area contributed by atoms with Gasteiger partial charge in [0.1, 0.15) is 0 Å². The average Bonchev–Trinajstić information content (AvgIpc) is 2.77. The van der Waals surface area contributed by atoms with E-state index in [0.717, 1.165) is 0 Å². The molecule has 2 heteroatoms. The quantitative estimate of drug-likeness (QED) is 0.598. The lowest BCUT2D eigenvalue weighted by Gasteiger charge is -2.39. The highest BCUT2D eigenvalue weighted by molar-refractivity contribution is 7.67. The van der Waals surface area contributed by atoms with E-state index >= 15 is 0 Å². The molecule has 2 atom stereocenters. The van der Waals surface area contributed by atoms with Gasteiger partial charge in [0, 0.05) is 6.16 Å². The average molecular weight is 334 g/mol. The van der Waals surface area contributed by atoms with Gasteiger partial charge in [-0.25, -0.2) is 0 Å². The Labute approximate surface area is 145 Å². The van der Waals surface area contributed by atoms with Crippen LogP contribution in [0.3, 0.4) is 0 Å². The largest absolute Gasteiger partial charge is 0.366 e. The van der Waals surface area contributed by atoms with Crippen LogP contribution in [0.4, 0.5) is 0 Å². The van der Waals surface area contributed by atoms with Crippen molar-refractivity contribution in [3.8, 4) is 0 Å². The molecule has 0 spiro atoms. The summed E-state index contributed by atoms with van der Waals surface area (Å²) < 4.78 is 6.93. The van der Waals surface area contributed by atoms with Crippen molar-refractivity contribution in [2.24, 2.45) is 17.3 Å². The van der Waals surface area contributed by atoms with E-state index in [1.165, 1.54) is 24.3 Å². The van der Waals surface area contributed by atoms with Crippen LogP contribution in [0.25, 0.3) is 0 Å². The van der Waals surface area contributed by atoms with Gasteiger partial charge in [-0.1, -0.05) is 78.8 Å². The summed E-state index contributed by atoms with van der Waals surface area (Å²) in [6.07, 6.45) is 3.94. The molecule has 0 bridgehead atoms. The molecule has 0 N–H and O–H groups in total. The molecule has 1 aromatic carbocycles. The normalized spacial score (nSPS) is 24.6. The van der Waals surface area contributed by atoms with Crippen molar-refractivity contribution < 1.29 is 4.74 Å². The molecule has 0 aliphatic carbocycles. The number of hydrogen-bond acceptors (Lipinski definition) is 1. The van der Waals surface area contributed by atoms with Crippen molar-refractivity contribution in [2.45, 2.75) is 72.8 Å². The molecule has 0 saturated carbocycles. The van der Waals surface area contributed by atoms with Crippen molar-refractivity contribution in [3.05, 3.63) is 30.3 Å². The van der Waals surface area contributed by atoms with Crippen molar-refractivity contribution in [1.29, 1.82) is 0 Å². The summed E-state index contributed by atoms with van der Waals surface area (Å²) in [6, 6.07) is 11.2. The maximum Gasteiger partial charge on any atom is 0.0921 e. The first-order valence-electron chi connectivity index (χ1n) is 9.14. The maximum absolute atomic E-state index is 6.93. The van der Waals surface area contributed by atoms with E-state index in [2.05, 4.69) is 78.8 Å². The Morgan fingerprint density at radius 3 is 2.00 bits per heavy atom. The van der Waals surface area contributed by atoms with Crippen LogP contribution >= 0.6 is 7.92 Å². The van der Waals surface area contributed by atoms with E-state index in [1.807, 2.05) is 0 Å². The molecule has 1 nitrogen and oxygen atoms in total. The second-order valence-corrected chi connectivity index (χ2v) is 11.6. The molecule has 2 rings (SSSR count). The van der Waals surface area contributed by atoms with Gasteiger partial charge < -0.3 is 4.74 Å². The molecule has 1 heterocycles. The van der Waals surface area contributed by atoms with Gasteiger partial charge in [-0.15, -0.1) is 0 Å². The fraction of sp³-hybridized carbons (Fsp3) is 0.714. The predicted octanol–water partition coefficient (Wildman–Crippen LogP) is 6.03. The van der Waals surface area contributed by atoms with E-state index in [0.29, 0.717) is 17.9 Å². The summed E-state index contributed by atoms with van der Waals surface area (Å²) in [5.74, 6) is 1.34. The van der Waals surface area contributed by atoms with Crippen LogP contribution in [0.15, 0.2) is 30.3 Å². The third kappa shape index (κ3) is 4.58.